The Balaban J connectivity index is 2.06. The van der Waals surface area contributed by atoms with Crippen molar-refractivity contribution in [3.8, 4) is 0 Å². The van der Waals surface area contributed by atoms with Crippen LogP contribution in [0.1, 0.15) is 19.8 Å². The Morgan fingerprint density at radius 1 is 1.38 bits per heavy atom. The highest BCUT2D eigenvalue weighted by Crippen LogP contribution is 2.79. The monoisotopic (exact) mass is 205 g/mol. The topological polar surface area (TPSA) is 48.0 Å². The van der Waals surface area contributed by atoms with Crippen molar-refractivity contribution in [3.05, 3.63) is 0 Å². The summed E-state index contributed by atoms with van der Waals surface area (Å²) in [5.41, 5.74) is -0.546. The Morgan fingerprint density at radius 3 is 2.69 bits per heavy atom. The van der Waals surface area contributed by atoms with Gasteiger partial charge in [-0.2, -0.15) is 0 Å². The molecule has 1 unspecified atom stereocenters. The van der Waals surface area contributed by atoms with Gasteiger partial charge in [0.2, 0.25) is 0 Å². The number of hydrogen-bond acceptors (Lipinski definition) is 5. The molecule has 4 fully saturated rings. The smallest absolute Gasteiger partial charge is 0.273 e. The predicted molar refractivity (Wildman–Crippen MR) is 43.9 cm³/mol. The SMILES string of the molecule is CN1CCCC2(C)OP3(=O)OC12O3. The molecule has 2 bridgehead atoms. The number of hydrogen-bond donors (Lipinski definition) is 0. The van der Waals surface area contributed by atoms with Crippen LogP contribution in [0.4, 0.5) is 0 Å². The van der Waals surface area contributed by atoms with E-state index in [1.165, 1.54) is 0 Å². The highest BCUT2D eigenvalue weighted by Gasteiger charge is 2.79. The zero-order chi connectivity index (χ0) is 9.32. The standard InChI is InChI=1S/C7H12NO4P/c1-6-4-3-5-8(2)7(6)11-13(9,10-6)12-7/h3-5H2,1-2H3. The molecule has 4 rings (SSSR count). The molecule has 0 aromatic rings. The Hall–Kier alpha value is 0.0700. The lowest BCUT2D eigenvalue weighted by molar-refractivity contribution is -0.307. The first-order valence-corrected chi connectivity index (χ1v) is 5.89. The van der Waals surface area contributed by atoms with Crippen molar-refractivity contribution in [3.63, 3.8) is 0 Å². The van der Waals surface area contributed by atoms with Gasteiger partial charge in [0.15, 0.2) is 0 Å². The van der Waals surface area contributed by atoms with Crippen molar-refractivity contribution in [1.82, 2.24) is 4.90 Å². The molecule has 0 N–H and O–H groups in total. The van der Waals surface area contributed by atoms with E-state index in [1.54, 1.807) is 0 Å². The van der Waals surface area contributed by atoms with Crippen LogP contribution >= 0.6 is 7.82 Å². The second-order valence-electron chi connectivity index (χ2n) is 4.06. The third kappa shape index (κ3) is 0.762. The fraction of sp³-hybridized carbons (Fsp3) is 1.00. The van der Waals surface area contributed by atoms with Gasteiger partial charge in [-0.05, 0) is 26.8 Å². The Labute approximate surface area is 76.6 Å². The number of likely N-dealkylation sites (tertiary alicyclic amines) is 1. The number of phosphoric ester groups is 1. The summed E-state index contributed by atoms with van der Waals surface area (Å²) >= 11 is 0. The Morgan fingerprint density at radius 2 is 2.08 bits per heavy atom. The zero-order valence-corrected chi connectivity index (χ0v) is 8.54. The lowest BCUT2D eigenvalue weighted by atomic mass is 9.90. The van der Waals surface area contributed by atoms with E-state index in [1.807, 2.05) is 18.9 Å². The van der Waals surface area contributed by atoms with Crippen LogP contribution in [-0.4, -0.2) is 30.0 Å². The first-order valence-electron chi connectivity index (χ1n) is 4.43. The second kappa shape index (κ2) is 2.02. The van der Waals surface area contributed by atoms with Gasteiger partial charge >= 0.3 is 7.82 Å². The van der Waals surface area contributed by atoms with Crippen LogP contribution in [0.15, 0.2) is 0 Å². The molecule has 0 saturated carbocycles. The molecule has 0 radical (unpaired) electrons. The lowest BCUT2D eigenvalue weighted by Gasteiger charge is -2.48. The molecule has 4 aliphatic rings. The summed E-state index contributed by atoms with van der Waals surface area (Å²) in [6.07, 6.45) is 1.85. The first kappa shape index (κ1) is 8.38. The molecule has 0 aromatic heterocycles. The van der Waals surface area contributed by atoms with Crippen LogP contribution in [0.25, 0.3) is 0 Å². The molecule has 4 heterocycles. The van der Waals surface area contributed by atoms with E-state index in [9.17, 15) is 4.57 Å². The minimum atomic E-state index is -3.16. The third-order valence-corrected chi connectivity index (χ3v) is 4.67. The van der Waals surface area contributed by atoms with Gasteiger partial charge in [0.25, 0.3) is 5.91 Å². The van der Waals surface area contributed by atoms with Gasteiger partial charge in [0.05, 0.1) is 0 Å². The van der Waals surface area contributed by atoms with Gasteiger partial charge in [0, 0.05) is 6.54 Å². The van der Waals surface area contributed by atoms with Crippen LogP contribution in [0, 0.1) is 0 Å². The molecule has 0 aliphatic carbocycles. The van der Waals surface area contributed by atoms with Gasteiger partial charge in [0.1, 0.15) is 5.60 Å². The number of phosphoric acid groups is 1. The highest BCUT2D eigenvalue weighted by atomic mass is 31.2. The van der Waals surface area contributed by atoms with Crippen molar-refractivity contribution in [2.45, 2.75) is 31.3 Å². The average molecular weight is 205 g/mol. The quantitative estimate of drug-likeness (QED) is 0.558. The summed E-state index contributed by atoms with van der Waals surface area (Å²) < 4.78 is 27.4. The van der Waals surface area contributed by atoms with Crippen LogP contribution in [-0.2, 0) is 18.1 Å². The molecule has 5 nitrogen and oxygen atoms in total. The Bertz CT molecular complexity index is 310. The van der Waals surface area contributed by atoms with Crippen molar-refractivity contribution < 1.29 is 18.1 Å². The number of likely N-dealkylation sites (N-methyl/N-ethyl adjacent to an activating group) is 1. The van der Waals surface area contributed by atoms with Gasteiger partial charge in [-0.15, -0.1) is 0 Å². The molecular formula is C7H12NO4P. The van der Waals surface area contributed by atoms with Crippen LogP contribution in [0.5, 0.6) is 0 Å². The summed E-state index contributed by atoms with van der Waals surface area (Å²) in [4.78, 5) is 1.93. The molecular weight excluding hydrogens is 193 g/mol. The summed E-state index contributed by atoms with van der Waals surface area (Å²) in [6, 6.07) is 0. The lowest BCUT2D eigenvalue weighted by Crippen LogP contribution is -2.65. The van der Waals surface area contributed by atoms with E-state index in [2.05, 4.69) is 0 Å². The average Bonchev–Trinajstić information content (AvgIpc) is 2.31. The minimum absolute atomic E-state index is 0.546. The summed E-state index contributed by atoms with van der Waals surface area (Å²) in [6.45, 7) is 2.79. The largest absolute Gasteiger partial charge is 0.483 e. The maximum absolute atomic E-state index is 11.5. The molecule has 1 spiro atoms. The van der Waals surface area contributed by atoms with Crippen molar-refractivity contribution in [2.75, 3.05) is 13.6 Å². The van der Waals surface area contributed by atoms with Crippen molar-refractivity contribution in [2.24, 2.45) is 0 Å². The molecule has 0 amide bonds. The maximum atomic E-state index is 11.5. The van der Waals surface area contributed by atoms with Crippen LogP contribution in [0.2, 0.25) is 0 Å². The number of rotatable bonds is 0. The van der Waals surface area contributed by atoms with Crippen LogP contribution < -0.4 is 0 Å². The first-order chi connectivity index (χ1) is 6.00. The van der Waals surface area contributed by atoms with E-state index in [4.69, 9.17) is 13.6 Å². The summed E-state index contributed by atoms with van der Waals surface area (Å²) in [5.74, 6) is -0.860. The summed E-state index contributed by atoms with van der Waals surface area (Å²) in [7, 11) is -1.26. The molecule has 74 valence electrons. The molecule has 13 heavy (non-hydrogen) atoms. The van der Waals surface area contributed by atoms with Gasteiger partial charge < -0.3 is 0 Å². The fourth-order valence-electron chi connectivity index (χ4n) is 2.39. The second-order valence-corrected chi connectivity index (χ2v) is 5.50. The highest BCUT2D eigenvalue weighted by molar-refractivity contribution is 7.50. The predicted octanol–water partition coefficient (Wildman–Crippen LogP) is 1.31. The van der Waals surface area contributed by atoms with Gasteiger partial charge in [-0.3, -0.25) is 9.42 Å². The van der Waals surface area contributed by atoms with Gasteiger partial charge in [-0.1, -0.05) is 0 Å². The number of piperidine rings is 1. The van der Waals surface area contributed by atoms with E-state index >= 15 is 0 Å². The van der Waals surface area contributed by atoms with Crippen LogP contribution in [0.3, 0.4) is 0 Å². The van der Waals surface area contributed by atoms with E-state index in [0.29, 0.717) is 0 Å². The Kier molecular flexibility index (Phi) is 1.30. The van der Waals surface area contributed by atoms with E-state index in [0.717, 1.165) is 19.4 Å². The molecule has 0 aromatic carbocycles. The minimum Gasteiger partial charge on any atom is -0.273 e. The van der Waals surface area contributed by atoms with E-state index in [-0.39, 0.29) is 0 Å². The fourth-order valence-corrected chi connectivity index (χ4v) is 4.45. The molecule has 4 aliphatic heterocycles. The molecule has 6 heteroatoms. The third-order valence-electron chi connectivity index (χ3n) is 3.10. The van der Waals surface area contributed by atoms with Crippen molar-refractivity contribution in [1.29, 1.82) is 0 Å². The van der Waals surface area contributed by atoms with E-state index < -0.39 is 19.3 Å². The number of nitrogens with zero attached hydrogens (tertiary/aromatic N) is 1. The maximum Gasteiger partial charge on any atom is 0.483 e. The van der Waals surface area contributed by atoms with Gasteiger partial charge in [-0.25, -0.2) is 13.6 Å². The zero-order valence-electron chi connectivity index (χ0n) is 7.65. The summed E-state index contributed by atoms with van der Waals surface area (Å²) in [5, 5.41) is 0. The normalized spacial score (nSPS) is 60.2. The molecule has 1 atom stereocenters. The molecule has 4 saturated heterocycles. The van der Waals surface area contributed by atoms with Crippen molar-refractivity contribution >= 4 is 7.82 Å².